The monoisotopic (exact) mass is 316 g/mol. The predicted octanol–water partition coefficient (Wildman–Crippen LogP) is 1.23. The van der Waals surface area contributed by atoms with Crippen molar-refractivity contribution in [2.75, 3.05) is 6.54 Å². The molecular formula is C14H21FN2O3S. The number of hydrogen-bond acceptors (Lipinski definition) is 4. The number of benzene rings is 1. The Morgan fingerprint density at radius 2 is 1.86 bits per heavy atom. The van der Waals surface area contributed by atoms with Crippen LogP contribution < -0.4 is 11.1 Å². The Labute approximate surface area is 124 Å². The van der Waals surface area contributed by atoms with Gasteiger partial charge in [0.1, 0.15) is 5.82 Å². The molecular weight excluding hydrogens is 295 g/mol. The third-order valence-corrected chi connectivity index (χ3v) is 5.04. The van der Waals surface area contributed by atoms with Crippen LogP contribution in [0.2, 0.25) is 0 Å². The van der Waals surface area contributed by atoms with Crippen LogP contribution in [0.25, 0.3) is 0 Å². The van der Waals surface area contributed by atoms with Gasteiger partial charge in [0.15, 0.2) is 9.84 Å². The van der Waals surface area contributed by atoms with Gasteiger partial charge in [0.25, 0.3) is 0 Å². The molecule has 0 radical (unpaired) electrons. The first-order valence-corrected chi connectivity index (χ1v) is 8.12. The molecule has 21 heavy (non-hydrogen) atoms. The molecule has 0 aliphatic rings. The van der Waals surface area contributed by atoms with E-state index in [0.717, 1.165) is 12.1 Å². The first-order valence-electron chi connectivity index (χ1n) is 6.57. The molecule has 1 amide bonds. The number of sulfone groups is 1. The van der Waals surface area contributed by atoms with Gasteiger partial charge < -0.3 is 11.1 Å². The van der Waals surface area contributed by atoms with Crippen LogP contribution in [0.4, 0.5) is 4.39 Å². The number of halogens is 1. The van der Waals surface area contributed by atoms with Crippen molar-refractivity contribution < 1.29 is 17.6 Å². The molecule has 0 saturated heterocycles. The largest absolute Gasteiger partial charge is 0.354 e. The fourth-order valence-corrected chi connectivity index (χ4v) is 2.98. The first kappa shape index (κ1) is 17.6. The topological polar surface area (TPSA) is 89.3 Å². The summed E-state index contributed by atoms with van der Waals surface area (Å²) in [5, 5.41) is 1.70. The van der Waals surface area contributed by atoms with Gasteiger partial charge in [-0.3, -0.25) is 4.79 Å². The minimum atomic E-state index is -3.66. The van der Waals surface area contributed by atoms with E-state index in [9.17, 15) is 17.6 Å². The lowest BCUT2D eigenvalue weighted by Crippen LogP contribution is -2.45. The second kappa shape index (κ2) is 6.53. The lowest BCUT2D eigenvalue weighted by molar-refractivity contribution is -0.121. The highest BCUT2D eigenvalue weighted by molar-refractivity contribution is 7.92. The fraction of sp³-hybridized carbons (Fsp3) is 0.500. The van der Waals surface area contributed by atoms with Crippen molar-refractivity contribution in [3.05, 3.63) is 30.1 Å². The molecule has 0 fully saturated rings. The van der Waals surface area contributed by atoms with Gasteiger partial charge in [0.2, 0.25) is 5.91 Å². The minimum absolute atomic E-state index is 0.00311. The van der Waals surface area contributed by atoms with Crippen LogP contribution in [-0.2, 0) is 14.6 Å². The number of nitrogens with one attached hydrogen (secondary N) is 1. The Balaban J connectivity index is 2.72. The molecule has 0 bridgehead atoms. The normalized spacial score (nSPS) is 13.8. The van der Waals surface area contributed by atoms with Crippen molar-refractivity contribution in [1.82, 2.24) is 5.32 Å². The van der Waals surface area contributed by atoms with E-state index < -0.39 is 26.4 Å². The summed E-state index contributed by atoms with van der Waals surface area (Å²) in [5.41, 5.74) is 5.18. The second-order valence-electron chi connectivity index (χ2n) is 5.78. The van der Waals surface area contributed by atoms with Gasteiger partial charge in [0.05, 0.1) is 10.1 Å². The molecule has 0 heterocycles. The average molecular weight is 316 g/mol. The number of carbonyl (C=O) groups is 1. The van der Waals surface area contributed by atoms with Gasteiger partial charge >= 0.3 is 0 Å². The van der Waals surface area contributed by atoms with Crippen molar-refractivity contribution in [2.24, 2.45) is 5.73 Å². The fourth-order valence-electron chi connectivity index (χ4n) is 1.63. The molecule has 0 aromatic heterocycles. The van der Waals surface area contributed by atoms with Gasteiger partial charge in [-0.05, 0) is 45.0 Å². The summed E-state index contributed by atoms with van der Waals surface area (Å²) in [4.78, 5) is 11.7. The lowest BCUT2D eigenvalue weighted by atomic mass is 10.1. The first-order chi connectivity index (χ1) is 9.52. The maximum absolute atomic E-state index is 12.8. The van der Waals surface area contributed by atoms with Crippen molar-refractivity contribution >= 4 is 15.7 Å². The molecule has 1 unspecified atom stereocenters. The zero-order chi connectivity index (χ0) is 16.3. The van der Waals surface area contributed by atoms with Crippen LogP contribution in [0.1, 0.15) is 27.2 Å². The van der Waals surface area contributed by atoms with Gasteiger partial charge in [-0.15, -0.1) is 0 Å². The average Bonchev–Trinajstić information content (AvgIpc) is 2.36. The Hall–Kier alpha value is -1.47. The summed E-state index contributed by atoms with van der Waals surface area (Å²) in [5.74, 6) is -0.892. The summed E-state index contributed by atoms with van der Waals surface area (Å²) in [6.07, 6.45) is -0.171. The number of carbonyl (C=O) groups excluding carboxylic acids is 1. The highest BCUT2D eigenvalue weighted by atomic mass is 32.2. The zero-order valence-corrected chi connectivity index (χ0v) is 13.2. The van der Waals surface area contributed by atoms with Crippen LogP contribution in [0, 0.1) is 5.82 Å². The standard InChI is InChI=1S/C14H21FN2O3S/c1-10(8-13(18)17-9-14(2,3)16)21(19,20)12-6-4-11(15)5-7-12/h4-7,10H,8-9,16H2,1-3H3,(H,17,18). The van der Waals surface area contributed by atoms with E-state index in [1.807, 2.05) is 0 Å². The smallest absolute Gasteiger partial charge is 0.221 e. The zero-order valence-electron chi connectivity index (χ0n) is 12.4. The summed E-state index contributed by atoms with van der Waals surface area (Å²) in [6.45, 7) is 5.22. The van der Waals surface area contributed by atoms with E-state index in [2.05, 4.69) is 5.32 Å². The maximum atomic E-state index is 12.8. The second-order valence-corrected chi connectivity index (χ2v) is 8.15. The summed E-state index contributed by atoms with van der Waals surface area (Å²) in [7, 11) is -3.66. The highest BCUT2D eigenvalue weighted by Gasteiger charge is 2.26. The Morgan fingerprint density at radius 3 is 2.33 bits per heavy atom. The van der Waals surface area contributed by atoms with E-state index in [1.54, 1.807) is 13.8 Å². The van der Waals surface area contributed by atoms with Gasteiger partial charge in [-0.2, -0.15) is 0 Å². The SMILES string of the molecule is CC(CC(=O)NCC(C)(C)N)S(=O)(=O)c1ccc(F)cc1. The molecule has 1 aromatic rings. The third kappa shape index (κ3) is 5.43. The van der Waals surface area contributed by atoms with E-state index in [-0.39, 0.29) is 23.8 Å². The molecule has 0 spiro atoms. The molecule has 0 aliphatic carbocycles. The molecule has 0 saturated carbocycles. The van der Waals surface area contributed by atoms with Crippen molar-refractivity contribution in [3.8, 4) is 0 Å². The lowest BCUT2D eigenvalue weighted by Gasteiger charge is -2.20. The van der Waals surface area contributed by atoms with E-state index in [4.69, 9.17) is 5.73 Å². The minimum Gasteiger partial charge on any atom is -0.354 e. The quantitative estimate of drug-likeness (QED) is 0.773. The predicted molar refractivity (Wildman–Crippen MR) is 78.9 cm³/mol. The number of amides is 1. The van der Waals surface area contributed by atoms with Crippen LogP contribution in [0.15, 0.2) is 29.2 Å². The number of hydrogen-bond donors (Lipinski definition) is 2. The molecule has 0 aliphatic heterocycles. The van der Waals surface area contributed by atoms with Gasteiger partial charge in [0, 0.05) is 18.5 Å². The molecule has 3 N–H and O–H groups in total. The summed E-state index contributed by atoms with van der Waals surface area (Å²) >= 11 is 0. The van der Waals surface area contributed by atoms with Crippen LogP contribution in [-0.4, -0.2) is 31.7 Å². The Bertz CT molecular complexity index is 592. The van der Waals surface area contributed by atoms with Gasteiger partial charge in [-0.25, -0.2) is 12.8 Å². The van der Waals surface area contributed by atoms with Crippen LogP contribution in [0.3, 0.4) is 0 Å². The molecule has 118 valence electrons. The number of rotatable bonds is 6. The van der Waals surface area contributed by atoms with Crippen LogP contribution >= 0.6 is 0 Å². The van der Waals surface area contributed by atoms with Crippen LogP contribution in [0.5, 0.6) is 0 Å². The summed E-state index contributed by atoms with van der Waals surface area (Å²) in [6, 6.07) is 4.55. The molecule has 1 rings (SSSR count). The Kier molecular flexibility index (Phi) is 5.47. The van der Waals surface area contributed by atoms with Crippen molar-refractivity contribution in [3.63, 3.8) is 0 Å². The van der Waals surface area contributed by atoms with E-state index in [0.29, 0.717) is 0 Å². The third-order valence-electron chi connectivity index (χ3n) is 2.89. The van der Waals surface area contributed by atoms with Crippen molar-refractivity contribution in [2.45, 2.75) is 42.9 Å². The molecule has 1 aromatic carbocycles. The molecule has 5 nitrogen and oxygen atoms in total. The van der Waals surface area contributed by atoms with E-state index >= 15 is 0 Å². The maximum Gasteiger partial charge on any atom is 0.221 e. The highest BCUT2D eigenvalue weighted by Crippen LogP contribution is 2.18. The summed E-state index contributed by atoms with van der Waals surface area (Å²) < 4.78 is 37.3. The van der Waals surface area contributed by atoms with Crippen molar-refractivity contribution in [1.29, 1.82) is 0 Å². The Morgan fingerprint density at radius 1 is 1.33 bits per heavy atom. The van der Waals surface area contributed by atoms with E-state index in [1.165, 1.54) is 19.1 Å². The molecule has 1 atom stereocenters. The van der Waals surface area contributed by atoms with Gasteiger partial charge in [-0.1, -0.05) is 0 Å². The number of nitrogens with two attached hydrogens (primary N) is 1. The molecule has 7 heteroatoms.